The highest BCUT2D eigenvalue weighted by atomic mass is 35.5. The molecule has 22 heavy (non-hydrogen) atoms. The number of nitrogens with two attached hydrogens (primary N) is 1. The largest absolute Gasteiger partial charge is 0.340 e. The number of thioether (sulfide) groups is 1. The zero-order chi connectivity index (χ0) is 15.1. The molecule has 3 nitrogen and oxygen atoms in total. The molecular weight excluding hydrogens is 316 g/mol. The van der Waals surface area contributed by atoms with Gasteiger partial charge in [0.15, 0.2) is 0 Å². The van der Waals surface area contributed by atoms with Crippen LogP contribution in [0, 0.1) is 0 Å². The molecule has 124 valence electrons. The van der Waals surface area contributed by atoms with Crippen molar-refractivity contribution < 1.29 is 4.79 Å². The van der Waals surface area contributed by atoms with Crippen LogP contribution in [0.1, 0.15) is 31.7 Å². The van der Waals surface area contributed by atoms with Gasteiger partial charge in [-0.15, -0.1) is 12.4 Å². The number of rotatable bonds is 5. The Morgan fingerprint density at radius 2 is 2.09 bits per heavy atom. The van der Waals surface area contributed by atoms with Gasteiger partial charge in [-0.1, -0.05) is 43.7 Å². The molecule has 1 fully saturated rings. The van der Waals surface area contributed by atoms with Gasteiger partial charge < -0.3 is 10.6 Å². The van der Waals surface area contributed by atoms with E-state index in [1.807, 2.05) is 47.0 Å². The average molecular weight is 343 g/mol. The zero-order valence-electron chi connectivity index (χ0n) is 13.2. The Hall–Kier alpha value is -0.710. The van der Waals surface area contributed by atoms with Crippen molar-refractivity contribution in [2.75, 3.05) is 18.8 Å². The molecule has 5 heteroatoms. The maximum Gasteiger partial charge on any atom is 0.239 e. The third kappa shape index (κ3) is 5.82. The van der Waals surface area contributed by atoms with Crippen LogP contribution in [0.5, 0.6) is 0 Å². The van der Waals surface area contributed by atoms with Crippen LogP contribution in [0.2, 0.25) is 0 Å². The van der Waals surface area contributed by atoms with Crippen LogP contribution < -0.4 is 5.73 Å². The minimum Gasteiger partial charge on any atom is -0.340 e. The van der Waals surface area contributed by atoms with E-state index in [1.54, 1.807) is 0 Å². The Balaban J connectivity index is 0.00000242. The molecule has 1 aromatic carbocycles. The summed E-state index contributed by atoms with van der Waals surface area (Å²) in [6, 6.07) is 9.62. The summed E-state index contributed by atoms with van der Waals surface area (Å²) >= 11 is 1.97. The first-order valence-electron chi connectivity index (χ1n) is 7.90. The van der Waals surface area contributed by atoms with Gasteiger partial charge in [-0.3, -0.25) is 4.79 Å². The smallest absolute Gasteiger partial charge is 0.239 e. The van der Waals surface area contributed by atoms with Crippen LogP contribution in [-0.2, 0) is 11.2 Å². The molecular formula is C17H27ClN2OS. The molecule has 0 saturated carbocycles. The number of carbonyl (C=O) groups is 1. The van der Waals surface area contributed by atoms with Crippen LogP contribution in [0.3, 0.4) is 0 Å². The van der Waals surface area contributed by atoms with E-state index in [4.69, 9.17) is 5.73 Å². The third-order valence-corrected chi connectivity index (χ3v) is 5.15. The second kappa shape index (κ2) is 10.1. The summed E-state index contributed by atoms with van der Waals surface area (Å²) in [6.45, 7) is 3.91. The first-order valence-corrected chi connectivity index (χ1v) is 8.95. The molecule has 0 radical (unpaired) electrons. The van der Waals surface area contributed by atoms with E-state index >= 15 is 0 Å². The molecule has 1 aliphatic heterocycles. The maximum absolute atomic E-state index is 12.6. The van der Waals surface area contributed by atoms with E-state index in [2.05, 4.69) is 6.92 Å². The topological polar surface area (TPSA) is 46.3 Å². The number of carbonyl (C=O) groups excluding carboxylic acids is 1. The van der Waals surface area contributed by atoms with Gasteiger partial charge in [0.05, 0.1) is 6.04 Å². The molecule has 2 N–H and O–H groups in total. The number of halogens is 1. The Bertz CT molecular complexity index is 444. The highest BCUT2D eigenvalue weighted by Crippen LogP contribution is 2.22. The van der Waals surface area contributed by atoms with E-state index in [-0.39, 0.29) is 18.3 Å². The number of hydrogen-bond donors (Lipinski definition) is 1. The minimum atomic E-state index is -0.419. The number of amides is 1. The number of hydrogen-bond acceptors (Lipinski definition) is 3. The van der Waals surface area contributed by atoms with Crippen LogP contribution in [0.4, 0.5) is 0 Å². The lowest BCUT2D eigenvalue weighted by molar-refractivity contribution is -0.132. The Labute approximate surface area is 144 Å². The number of benzene rings is 1. The van der Waals surface area contributed by atoms with Crippen molar-refractivity contribution in [1.29, 1.82) is 0 Å². The van der Waals surface area contributed by atoms with Crippen molar-refractivity contribution in [3.8, 4) is 0 Å². The fourth-order valence-corrected chi connectivity index (χ4v) is 3.95. The minimum absolute atomic E-state index is 0. The summed E-state index contributed by atoms with van der Waals surface area (Å²) in [5.74, 6) is 1.23. The highest BCUT2D eigenvalue weighted by molar-refractivity contribution is 7.99. The molecule has 2 atom stereocenters. The van der Waals surface area contributed by atoms with Gasteiger partial charge in [0.1, 0.15) is 0 Å². The van der Waals surface area contributed by atoms with Crippen molar-refractivity contribution in [1.82, 2.24) is 4.90 Å². The zero-order valence-corrected chi connectivity index (χ0v) is 14.9. The molecule has 2 rings (SSSR count). The van der Waals surface area contributed by atoms with E-state index < -0.39 is 6.04 Å². The van der Waals surface area contributed by atoms with Gasteiger partial charge in [-0.05, 0) is 30.6 Å². The predicted molar refractivity (Wildman–Crippen MR) is 97.7 cm³/mol. The molecule has 0 aromatic heterocycles. The van der Waals surface area contributed by atoms with Gasteiger partial charge in [0.25, 0.3) is 0 Å². The van der Waals surface area contributed by atoms with Crippen molar-refractivity contribution in [3.63, 3.8) is 0 Å². The summed E-state index contributed by atoms with van der Waals surface area (Å²) in [7, 11) is 0. The molecule has 1 heterocycles. The third-order valence-electron chi connectivity index (χ3n) is 3.96. The number of likely N-dealkylation sites (tertiary alicyclic amines) is 1. The van der Waals surface area contributed by atoms with E-state index in [1.165, 1.54) is 12.8 Å². The Morgan fingerprint density at radius 3 is 2.77 bits per heavy atom. The summed E-state index contributed by atoms with van der Waals surface area (Å²) in [5.41, 5.74) is 7.28. The standard InChI is InChI=1S/C17H26N2OS.ClH/c1-2-21-15-10-6-7-11-19(13-15)17(20)16(18)12-14-8-4-3-5-9-14;/h3-5,8-9,15-16H,2,6-7,10-13,18H2,1H3;1H/t15?,16-;/m0./s1. The summed E-state index contributed by atoms with van der Waals surface area (Å²) < 4.78 is 0. The Kier molecular flexibility index (Phi) is 8.91. The molecule has 0 bridgehead atoms. The van der Waals surface area contributed by atoms with Crippen molar-refractivity contribution in [2.24, 2.45) is 5.73 Å². The van der Waals surface area contributed by atoms with Crippen LogP contribution in [0.15, 0.2) is 30.3 Å². The molecule has 0 aliphatic carbocycles. The lowest BCUT2D eigenvalue weighted by atomic mass is 10.1. The Morgan fingerprint density at radius 1 is 1.36 bits per heavy atom. The summed E-state index contributed by atoms with van der Waals surface area (Å²) in [4.78, 5) is 14.6. The monoisotopic (exact) mass is 342 g/mol. The first kappa shape index (κ1) is 19.3. The van der Waals surface area contributed by atoms with Gasteiger partial charge in [-0.2, -0.15) is 11.8 Å². The predicted octanol–water partition coefficient (Wildman–Crippen LogP) is 3.11. The van der Waals surface area contributed by atoms with Gasteiger partial charge in [-0.25, -0.2) is 0 Å². The molecule has 1 saturated heterocycles. The van der Waals surface area contributed by atoms with Crippen LogP contribution in [-0.4, -0.2) is 40.9 Å². The lowest BCUT2D eigenvalue weighted by Gasteiger charge is -2.27. The SMILES string of the molecule is CCSC1CCCCN(C(=O)[C@@H](N)Cc2ccccc2)C1.Cl. The van der Waals surface area contributed by atoms with Gasteiger partial charge in [0, 0.05) is 18.3 Å². The first-order chi connectivity index (χ1) is 10.2. The second-order valence-corrected chi connectivity index (χ2v) is 7.23. The van der Waals surface area contributed by atoms with Gasteiger partial charge in [0.2, 0.25) is 5.91 Å². The van der Waals surface area contributed by atoms with E-state index in [0.717, 1.165) is 30.8 Å². The maximum atomic E-state index is 12.6. The number of nitrogens with zero attached hydrogens (tertiary/aromatic N) is 1. The van der Waals surface area contributed by atoms with Crippen LogP contribution >= 0.6 is 24.2 Å². The molecule has 1 unspecified atom stereocenters. The van der Waals surface area contributed by atoms with E-state index in [0.29, 0.717) is 11.7 Å². The van der Waals surface area contributed by atoms with Crippen molar-refractivity contribution in [2.45, 2.75) is 43.9 Å². The van der Waals surface area contributed by atoms with Crippen LogP contribution in [0.25, 0.3) is 0 Å². The lowest BCUT2D eigenvalue weighted by Crippen LogP contribution is -2.46. The molecule has 1 amide bonds. The fraction of sp³-hybridized carbons (Fsp3) is 0.588. The van der Waals surface area contributed by atoms with E-state index in [9.17, 15) is 4.79 Å². The fourth-order valence-electron chi connectivity index (χ4n) is 2.86. The van der Waals surface area contributed by atoms with Crippen molar-refractivity contribution in [3.05, 3.63) is 35.9 Å². The highest BCUT2D eigenvalue weighted by Gasteiger charge is 2.25. The second-order valence-electron chi connectivity index (χ2n) is 5.65. The molecule has 1 aromatic rings. The van der Waals surface area contributed by atoms with Crippen molar-refractivity contribution >= 4 is 30.1 Å². The normalized spacial score (nSPS) is 19.9. The molecule has 1 aliphatic rings. The molecule has 0 spiro atoms. The summed E-state index contributed by atoms with van der Waals surface area (Å²) in [5, 5.41) is 0.574. The average Bonchev–Trinajstić information content (AvgIpc) is 2.73. The summed E-state index contributed by atoms with van der Waals surface area (Å²) in [6.07, 6.45) is 4.16. The van der Waals surface area contributed by atoms with Gasteiger partial charge >= 0.3 is 0 Å². The quantitative estimate of drug-likeness (QED) is 0.894.